The SMILES string of the molecule is CCOc1cccc(C(=O)N2Cc3ccnn3C[C@H](CN(C)C)C2)c1. The van der Waals surface area contributed by atoms with Crippen LogP contribution in [-0.4, -0.2) is 59.3 Å². The molecule has 0 saturated carbocycles. The third kappa shape index (κ3) is 4.20. The molecule has 1 aromatic carbocycles. The molecule has 1 amide bonds. The van der Waals surface area contributed by atoms with Crippen LogP contribution in [0.1, 0.15) is 23.0 Å². The van der Waals surface area contributed by atoms with Crippen LogP contribution < -0.4 is 4.74 Å². The maximum absolute atomic E-state index is 13.1. The van der Waals surface area contributed by atoms with Crippen LogP contribution in [0, 0.1) is 5.92 Å². The first-order chi connectivity index (χ1) is 12.1. The normalized spacial score (nSPS) is 17.3. The Morgan fingerprint density at radius 1 is 1.32 bits per heavy atom. The summed E-state index contributed by atoms with van der Waals surface area (Å²) in [4.78, 5) is 17.2. The van der Waals surface area contributed by atoms with Crippen LogP contribution in [0.2, 0.25) is 0 Å². The van der Waals surface area contributed by atoms with E-state index in [0.29, 0.717) is 24.6 Å². The number of rotatable bonds is 5. The number of benzene rings is 1. The summed E-state index contributed by atoms with van der Waals surface area (Å²) in [5, 5.41) is 4.42. The van der Waals surface area contributed by atoms with Crippen LogP contribution in [0.3, 0.4) is 0 Å². The number of nitrogens with zero attached hydrogens (tertiary/aromatic N) is 4. The lowest BCUT2D eigenvalue weighted by molar-refractivity contribution is 0.0711. The zero-order chi connectivity index (χ0) is 17.8. The highest BCUT2D eigenvalue weighted by molar-refractivity contribution is 5.94. The van der Waals surface area contributed by atoms with Gasteiger partial charge in [0.25, 0.3) is 5.91 Å². The van der Waals surface area contributed by atoms with E-state index in [9.17, 15) is 4.79 Å². The molecule has 0 fully saturated rings. The molecule has 1 aromatic heterocycles. The van der Waals surface area contributed by atoms with E-state index in [0.717, 1.165) is 31.1 Å². The second-order valence-electron chi connectivity index (χ2n) is 6.78. The van der Waals surface area contributed by atoms with E-state index in [4.69, 9.17) is 4.74 Å². The molecule has 6 nitrogen and oxygen atoms in total. The van der Waals surface area contributed by atoms with E-state index in [2.05, 4.69) is 24.1 Å². The summed E-state index contributed by atoms with van der Waals surface area (Å²) in [6, 6.07) is 9.43. The quantitative estimate of drug-likeness (QED) is 0.835. The molecule has 0 spiro atoms. The van der Waals surface area contributed by atoms with E-state index in [-0.39, 0.29) is 5.91 Å². The lowest BCUT2D eigenvalue weighted by Gasteiger charge is -2.26. The summed E-state index contributed by atoms with van der Waals surface area (Å²) in [6.07, 6.45) is 1.81. The molecule has 6 heteroatoms. The van der Waals surface area contributed by atoms with E-state index in [1.54, 1.807) is 0 Å². The Labute approximate surface area is 149 Å². The number of hydrogen-bond donors (Lipinski definition) is 0. The summed E-state index contributed by atoms with van der Waals surface area (Å²) in [6.45, 7) is 5.59. The molecule has 0 radical (unpaired) electrons. The molecule has 134 valence electrons. The molecule has 3 rings (SSSR count). The molecule has 1 aliphatic rings. The first kappa shape index (κ1) is 17.5. The van der Waals surface area contributed by atoms with Gasteiger partial charge in [0.05, 0.1) is 18.8 Å². The van der Waals surface area contributed by atoms with Crippen LogP contribution >= 0.6 is 0 Å². The molecule has 0 saturated heterocycles. The van der Waals surface area contributed by atoms with Crippen molar-refractivity contribution < 1.29 is 9.53 Å². The molecule has 0 N–H and O–H groups in total. The fourth-order valence-electron chi connectivity index (χ4n) is 3.39. The van der Waals surface area contributed by atoms with Crippen LogP contribution in [0.15, 0.2) is 36.5 Å². The zero-order valence-corrected chi connectivity index (χ0v) is 15.2. The molecule has 25 heavy (non-hydrogen) atoms. The molecular weight excluding hydrogens is 316 g/mol. The fourth-order valence-corrected chi connectivity index (χ4v) is 3.39. The number of carbonyl (C=O) groups is 1. The number of amides is 1. The molecular formula is C19H26N4O2. The zero-order valence-electron chi connectivity index (χ0n) is 15.2. The van der Waals surface area contributed by atoms with E-state index >= 15 is 0 Å². The number of ether oxygens (including phenoxy) is 1. The van der Waals surface area contributed by atoms with Gasteiger partial charge in [-0.1, -0.05) is 6.07 Å². The smallest absolute Gasteiger partial charge is 0.254 e. The van der Waals surface area contributed by atoms with Gasteiger partial charge in [0.2, 0.25) is 0 Å². The highest BCUT2D eigenvalue weighted by Crippen LogP contribution is 2.21. The monoisotopic (exact) mass is 342 g/mol. The Morgan fingerprint density at radius 2 is 2.16 bits per heavy atom. The van der Waals surface area contributed by atoms with E-state index in [1.807, 2.05) is 53.0 Å². The number of hydrogen-bond acceptors (Lipinski definition) is 4. The van der Waals surface area contributed by atoms with Crippen molar-refractivity contribution in [1.82, 2.24) is 19.6 Å². The van der Waals surface area contributed by atoms with E-state index < -0.39 is 0 Å². The second-order valence-corrected chi connectivity index (χ2v) is 6.78. The average molecular weight is 342 g/mol. The average Bonchev–Trinajstić information content (AvgIpc) is 2.93. The number of carbonyl (C=O) groups excluding carboxylic acids is 1. The summed E-state index contributed by atoms with van der Waals surface area (Å²) in [5.74, 6) is 1.12. The molecule has 0 bridgehead atoms. The highest BCUT2D eigenvalue weighted by atomic mass is 16.5. The van der Waals surface area contributed by atoms with Gasteiger partial charge in [0.1, 0.15) is 5.75 Å². The number of aromatic nitrogens is 2. The lowest BCUT2D eigenvalue weighted by Crippen LogP contribution is -2.37. The van der Waals surface area contributed by atoms with Crippen LogP contribution in [0.5, 0.6) is 5.75 Å². The fraction of sp³-hybridized carbons (Fsp3) is 0.474. The van der Waals surface area contributed by atoms with Gasteiger partial charge in [-0.25, -0.2) is 0 Å². The van der Waals surface area contributed by atoms with Crippen molar-refractivity contribution in [2.75, 3.05) is 33.8 Å². The van der Waals surface area contributed by atoms with Gasteiger partial charge in [-0.05, 0) is 45.3 Å². The van der Waals surface area contributed by atoms with Crippen LogP contribution in [-0.2, 0) is 13.1 Å². The van der Waals surface area contributed by atoms with Crippen molar-refractivity contribution in [2.24, 2.45) is 5.92 Å². The molecule has 2 aromatic rings. The molecule has 1 atom stereocenters. The maximum atomic E-state index is 13.1. The minimum Gasteiger partial charge on any atom is -0.494 e. The molecule has 0 aliphatic carbocycles. The van der Waals surface area contributed by atoms with Gasteiger partial charge in [-0.3, -0.25) is 9.48 Å². The minimum atomic E-state index is 0.0416. The number of fused-ring (bicyclic) bond motifs is 1. The topological polar surface area (TPSA) is 50.6 Å². The van der Waals surface area contributed by atoms with Crippen molar-refractivity contribution in [3.8, 4) is 5.75 Å². The highest BCUT2D eigenvalue weighted by Gasteiger charge is 2.26. The van der Waals surface area contributed by atoms with Crippen molar-refractivity contribution in [2.45, 2.75) is 20.0 Å². The van der Waals surface area contributed by atoms with Crippen molar-refractivity contribution in [3.05, 3.63) is 47.8 Å². The third-order valence-corrected chi connectivity index (χ3v) is 4.37. The molecule has 0 unspecified atom stereocenters. The Bertz CT molecular complexity index is 726. The molecule has 2 heterocycles. The predicted octanol–water partition coefficient (Wildman–Crippen LogP) is 2.12. The first-order valence-corrected chi connectivity index (χ1v) is 8.74. The first-order valence-electron chi connectivity index (χ1n) is 8.74. The summed E-state index contributed by atoms with van der Waals surface area (Å²) in [5.41, 5.74) is 1.75. The van der Waals surface area contributed by atoms with Gasteiger partial charge in [0, 0.05) is 37.3 Å². The maximum Gasteiger partial charge on any atom is 0.254 e. The largest absolute Gasteiger partial charge is 0.494 e. The van der Waals surface area contributed by atoms with Crippen molar-refractivity contribution in [3.63, 3.8) is 0 Å². The van der Waals surface area contributed by atoms with Crippen molar-refractivity contribution in [1.29, 1.82) is 0 Å². The summed E-state index contributed by atoms with van der Waals surface area (Å²) < 4.78 is 7.56. The van der Waals surface area contributed by atoms with Gasteiger partial charge in [-0.2, -0.15) is 5.10 Å². The van der Waals surface area contributed by atoms with Gasteiger partial charge in [0.15, 0.2) is 0 Å². The Hall–Kier alpha value is -2.34. The predicted molar refractivity (Wildman–Crippen MR) is 96.6 cm³/mol. The Morgan fingerprint density at radius 3 is 2.92 bits per heavy atom. The lowest BCUT2D eigenvalue weighted by atomic mass is 10.1. The Balaban J connectivity index is 1.84. The minimum absolute atomic E-state index is 0.0416. The van der Waals surface area contributed by atoms with Gasteiger partial charge in [-0.15, -0.1) is 0 Å². The van der Waals surface area contributed by atoms with Gasteiger partial charge < -0.3 is 14.5 Å². The standard InChI is InChI=1S/C19H26N4O2/c1-4-25-18-7-5-6-16(10-18)19(24)22-12-15(11-21(2)3)13-23-17(14-22)8-9-20-23/h5-10,15H,4,11-14H2,1-3H3/t15-/m1/s1. The third-order valence-electron chi connectivity index (χ3n) is 4.37. The van der Waals surface area contributed by atoms with Crippen molar-refractivity contribution >= 4 is 5.91 Å². The van der Waals surface area contributed by atoms with Gasteiger partial charge >= 0.3 is 0 Å². The molecule has 1 aliphatic heterocycles. The Kier molecular flexibility index (Phi) is 5.38. The summed E-state index contributed by atoms with van der Waals surface area (Å²) >= 11 is 0. The second kappa shape index (κ2) is 7.70. The van der Waals surface area contributed by atoms with Crippen LogP contribution in [0.4, 0.5) is 0 Å². The van der Waals surface area contributed by atoms with Crippen LogP contribution in [0.25, 0.3) is 0 Å². The summed E-state index contributed by atoms with van der Waals surface area (Å²) in [7, 11) is 4.12. The van der Waals surface area contributed by atoms with E-state index in [1.165, 1.54) is 0 Å².